The third-order valence-corrected chi connectivity index (χ3v) is 5.54. The Balaban J connectivity index is 1.21. The molecule has 7 nitrogen and oxygen atoms in total. The maximum Gasteiger partial charge on any atom is 0.277 e. The van der Waals surface area contributed by atoms with Gasteiger partial charge in [-0.15, -0.1) is 10.2 Å². The van der Waals surface area contributed by atoms with Gasteiger partial charge < -0.3 is 19.2 Å². The predicted molar refractivity (Wildman–Crippen MR) is 127 cm³/mol. The lowest BCUT2D eigenvalue weighted by Crippen LogP contribution is -2.29. The predicted octanol–water partition coefficient (Wildman–Crippen LogP) is 4.70. The molecule has 0 aliphatic rings. The summed E-state index contributed by atoms with van der Waals surface area (Å²) in [5.74, 6) is 1.96. The van der Waals surface area contributed by atoms with Gasteiger partial charge in [0.1, 0.15) is 18.1 Å². The molecule has 0 radical (unpaired) electrons. The maximum atomic E-state index is 12.2. The average Bonchev–Trinajstić information content (AvgIpc) is 3.35. The first-order valence-electron chi connectivity index (χ1n) is 10.4. The highest BCUT2D eigenvalue weighted by Gasteiger charge is 2.11. The zero-order valence-electron chi connectivity index (χ0n) is 18.1. The van der Waals surface area contributed by atoms with Crippen molar-refractivity contribution in [1.29, 1.82) is 0 Å². The van der Waals surface area contributed by atoms with E-state index in [1.165, 1.54) is 11.8 Å². The largest absolute Gasteiger partial charge is 0.497 e. The van der Waals surface area contributed by atoms with Crippen LogP contribution in [-0.2, 0) is 4.79 Å². The lowest BCUT2D eigenvalue weighted by atomic mass is 10.1. The van der Waals surface area contributed by atoms with Crippen molar-refractivity contribution in [3.8, 4) is 34.1 Å². The summed E-state index contributed by atoms with van der Waals surface area (Å²) in [6, 6.07) is 25.2. The number of carbonyl (C=O) groups excluding carboxylic acids is 1. The highest BCUT2D eigenvalue weighted by molar-refractivity contribution is 7.99. The van der Waals surface area contributed by atoms with Gasteiger partial charge in [0.25, 0.3) is 5.22 Å². The normalized spacial score (nSPS) is 10.6. The topological polar surface area (TPSA) is 86.5 Å². The van der Waals surface area contributed by atoms with Crippen LogP contribution in [-0.4, -0.2) is 42.1 Å². The number of nitrogens with one attached hydrogen (secondary N) is 1. The highest BCUT2D eigenvalue weighted by atomic mass is 32.2. The Labute approximate surface area is 196 Å². The Bertz CT molecular complexity index is 1180. The lowest BCUT2D eigenvalue weighted by molar-refractivity contribution is -0.118. The second-order valence-electron chi connectivity index (χ2n) is 6.95. The Morgan fingerprint density at radius 1 is 0.939 bits per heavy atom. The van der Waals surface area contributed by atoms with Gasteiger partial charge in [-0.1, -0.05) is 60.3 Å². The molecule has 8 heteroatoms. The first-order chi connectivity index (χ1) is 16.2. The summed E-state index contributed by atoms with van der Waals surface area (Å²) in [5, 5.41) is 11.2. The van der Waals surface area contributed by atoms with Crippen LogP contribution < -0.4 is 14.8 Å². The molecule has 33 heavy (non-hydrogen) atoms. The molecule has 0 fully saturated rings. The van der Waals surface area contributed by atoms with Gasteiger partial charge in [0.05, 0.1) is 19.4 Å². The minimum atomic E-state index is -0.135. The molecule has 0 bridgehead atoms. The molecule has 0 saturated heterocycles. The van der Waals surface area contributed by atoms with Crippen LogP contribution in [0.1, 0.15) is 0 Å². The Hall–Kier alpha value is -3.78. The van der Waals surface area contributed by atoms with Gasteiger partial charge in [0.15, 0.2) is 0 Å². The van der Waals surface area contributed by atoms with Crippen LogP contribution in [0.3, 0.4) is 0 Å². The van der Waals surface area contributed by atoms with Crippen molar-refractivity contribution in [2.75, 3.05) is 26.0 Å². The minimum Gasteiger partial charge on any atom is -0.497 e. The van der Waals surface area contributed by atoms with Crippen LogP contribution in [0.15, 0.2) is 88.5 Å². The smallest absolute Gasteiger partial charge is 0.277 e. The molecule has 0 unspecified atom stereocenters. The summed E-state index contributed by atoms with van der Waals surface area (Å²) in [4.78, 5) is 12.2. The van der Waals surface area contributed by atoms with Crippen LogP contribution in [0.25, 0.3) is 22.6 Å². The van der Waals surface area contributed by atoms with Gasteiger partial charge in [-0.2, -0.15) is 0 Å². The molecule has 3 aromatic carbocycles. The van der Waals surface area contributed by atoms with E-state index in [2.05, 4.69) is 15.5 Å². The number of nitrogens with zero attached hydrogens (tertiary/aromatic N) is 2. The molecule has 4 rings (SSSR count). The summed E-state index contributed by atoms with van der Waals surface area (Å²) in [5.41, 5.74) is 2.89. The van der Waals surface area contributed by atoms with Crippen molar-refractivity contribution >= 4 is 17.7 Å². The lowest BCUT2D eigenvalue weighted by Gasteiger charge is -2.12. The van der Waals surface area contributed by atoms with E-state index in [9.17, 15) is 4.79 Å². The number of thioether (sulfide) groups is 1. The van der Waals surface area contributed by atoms with E-state index in [4.69, 9.17) is 13.9 Å². The number of hydrogen-bond acceptors (Lipinski definition) is 7. The summed E-state index contributed by atoms with van der Waals surface area (Å²) in [6.07, 6.45) is 0. The highest BCUT2D eigenvalue weighted by Crippen LogP contribution is 2.29. The second-order valence-corrected chi connectivity index (χ2v) is 7.88. The van der Waals surface area contributed by atoms with Crippen molar-refractivity contribution in [2.24, 2.45) is 0 Å². The van der Waals surface area contributed by atoms with E-state index in [0.717, 1.165) is 28.2 Å². The number of amides is 1. The van der Waals surface area contributed by atoms with E-state index >= 15 is 0 Å². The fourth-order valence-electron chi connectivity index (χ4n) is 3.10. The number of hydrogen-bond donors (Lipinski definition) is 1. The fourth-order valence-corrected chi connectivity index (χ4v) is 3.69. The van der Waals surface area contributed by atoms with Crippen molar-refractivity contribution in [2.45, 2.75) is 5.22 Å². The van der Waals surface area contributed by atoms with E-state index in [1.54, 1.807) is 7.11 Å². The Morgan fingerprint density at radius 2 is 1.70 bits per heavy atom. The second kappa shape index (κ2) is 11.2. The fraction of sp³-hybridized carbons (Fsp3) is 0.160. The molecule has 0 spiro atoms. The van der Waals surface area contributed by atoms with Crippen LogP contribution in [0.2, 0.25) is 0 Å². The maximum absolute atomic E-state index is 12.2. The van der Waals surface area contributed by atoms with Crippen molar-refractivity contribution < 1.29 is 18.7 Å². The van der Waals surface area contributed by atoms with Gasteiger partial charge in [0, 0.05) is 11.1 Å². The minimum absolute atomic E-state index is 0.135. The summed E-state index contributed by atoms with van der Waals surface area (Å²) < 4.78 is 16.7. The first-order valence-corrected chi connectivity index (χ1v) is 11.4. The molecule has 0 saturated carbocycles. The van der Waals surface area contributed by atoms with E-state index in [-0.39, 0.29) is 11.7 Å². The molecule has 1 N–H and O–H groups in total. The number of benzene rings is 3. The number of ether oxygens (including phenoxy) is 2. The van der Waals surface area contributed by atoms with Gasteiger partial charge in [-0.25, -0.2) is 0 Å². The van der Waals surface area contributed by atoms with E-state index in [0.29, 0.717) is 24.3 Å². The molecular weight excluding hydrogens is 438 g/mol. The van der Waals surface area contributed by atoms with Gasteiger partial charge in [-0.3, -0.25) is 4.79 Å². The third kappa shape index (κ3) is 6.14. The van der Waals surface area contributed by atoms with Crippen LogP contribution in [0, 0.1) is 0 Å². The van der Waals surface area contributed by atoms with E-state index < -0.39 is 0 Å². The van der Waals surface area contributed by atoms with Crippen LogP contribution >= 0.6 is 11.8 Å². The van der Waals surface area contributed by atoms with Crippen molar-refractivity contribution in [3.63, 3.8) is 0 Å². The monoisotopic (exact) mass is 461 g/mol. The Kier molecular flexibility index (Phi) is 7.60. The molecular formula is C25H23N3O4S. The SMILES string of the molecule is COc1ccc(-c2nnc(SCC(=O)NCCOc3ccccc3-c3ccccc3)o2)cc1. The van der Waals surface area contributed by atoms with Crippen molar-refractivity contribution in [3.05, 3.63) is 78.9 Å². The standard InChI is InChI=1S/C25H23N3O4S/c1-30-20-13-11-19(12-14-20)24-27-28-25(32-24)33-17-23(29)26-15-16-31-22-10-6-5-9-21(22)18-7-3-2-4-8-18/h2-14H,15-17H2,1H3,(H,26,29). The van der Waals surface area contributed by atoms with Gasteiger partial charge in [-0.05, 0) is 35.9 Å². The summed E-state index contributed by atoms with van der Waals surface area (Å²) in [7, 11) is 1.61. The Morgan fingerprint density at radius 3 is 2.48 bits per heavy atom. The zero-order chi connectivity index (χ0) is 22.9. The number of para-hydroxylation sites is 1. The van der Waals surface area contributed by atoms with Crippen LogP contribution in [0.5, 0.6) is 11.5 Å². The summed E-state index contributed by atoms with van der Waals surface area (Å²) in [6.45, 7) is 0.756. The number of carbonyl (C=O) groups is 1. The zero-order valence-corrected chi connectivity index (χ0v) is 18.9. The van der Waals surface area contributed by atoms with Crippen LogP contribution in [0.4, 0.5) is 0 Å². The average molecular weight is 462 g/mol. The summed E-state index contributed by atoms with van der Waals surface area (Å²) >= 11 is 1.19. The molecule has 1 heterocycles. The van der Waals surface area contributed by atoms with E-state index in [1.807, 2.05) is 78.9 Å². The molecule has 0 atom stereocenters. The first kappa shape index (κ1) is 22.4. The number of aromatic nitrogens is 2. The number of methoxy groups -OCH3 is 1. The molecule has 0 aliphatic carbocycles. The van der Waals surface area contributed by atoms with Gasteiger partial charge >= 0.3 is 0 Å². The molecule has 168 valence electrons. The van der Waals surface area contributed by atoms with Gasteiger partial charge in [0.2, 0.25) is 11.8 Å². The molecule has 1 amide bonds. The van der Waals surface area contributed by atoms with Crippen molar-refractivity contribution in [1.82, 2.24) is 15.5 Å². The quantitative estimate of drug-likeness (QED) is 0.271. The molecule has 0 aliphatic heterocycles. The molecule has 4 aromatic rings. The third-order valence-electron chi connectivity index (χ3n) is 4.72. The molecule has 1 aromatic heterocycles. The number of rotatable bonds is 10.